The van der Waals surface area contributed by atoms with Crippen LogP contribution >= 0.6 is 0 Å². The maximum atomic E-state index is 11.4. The number of hydrogen-bond donors (Lipinski definition) is 0. The molecule has 0 atom stereocenters. The fourth-order valence-corrected chi connectivity index (χ4v) is 2.42. The molecule has 0 spiro atoms. The molecule has 3 rings (SSSR count). The van der Waals surface area contributed by atoms with Gasteiger partial charge in [0.15, 0.2) is 11.6 Å². The highest BCUT2D eigenvalue weighted by Crippen LogP contribution is 2.22. The van der Waals surface area contributed by atoms with Gasteiger partial charge in [-0.1, -0.05) is 0 Å². The average molecular weight is 229 g/mol. The number of nitrogens with zero attached hydrogens (tertiary/aromatic N) is 3. The van der Waals surface area contributed by atoms with Crippen molar-refractivity contribution in [3.05, 3.63) is 30.4 Å². The number of carbonyl (C=O) groups excluding carboxylic acids is 1. The number of aromatic nitrogens is 2. The van der Waals surface area contributed by atoms with Gasteiger partial charge >= 0.3 is 0 Å². The molecule has 0 aromatic carbocycles. The van der Waals surface area contributed by atoms with Crippen molar-refractivity contribution in [3.63, 3.8) is 0 Å². The third-order valence-electron chi connectivity index (χ3n) is 3.30. The fourth-order valence-electron chi connectivity index (χ4n) is 2.42. The first-order valence-electron chi connectivity index (χ1n) is 5.99. The fraction of sp³-hybridized carbons (Fsp3) is 0.385. The van der Waals surface area contributed by atoms with Gasteiger partial charge in [-0.15, -0.1) is 0 Å². The van der Waals surface area contributed by atoms with Crippen molar-refractivity contribution >= 4 is 17.0 Å². The third kappa shape index (κ3) is 1.69. The second-order valence-corrected chi connectivity index (χ2v) is 4.51. The van der Waals surface area contributed by atoms with Crippen LogP contribution in [0.4, 0.5) is 5.69 Å². The lowest BCUT2D eigenvalue weighted by Crippen LogP contribution is -2.17. The van der Waals surface area contributed by atoms with Crippen LogP contribution in [0.5, 0.6) is 0 Å². The molecule has 0 amide bonds. The molecule has 0 saturated carbocycles. The van der Waals surface area contributed by atoms with E-state index in [4.69, 9.17) is 0 Å². The Labute approximate surface area is 99.9 Å². The number of imidazole rings is 1. The van der Waals surface area contributed by atoms with Crippen molar-refractivity contribution in [3.8, 4) is 0 Å². The summed E-state index contributed by atoms with van der Waals surface area (Å²) in [6, 6.07) is 4.16. The van der Waals surface area contributed by atoms with Crippen LogP contribution in [0, 0.1) is 0 Å². The van der Waals surface area contributed by atoms with E-state index in [9.17, 15) is 4.79 Å². The van der Waals surface area contributed by atoms with Crippen LogP contribution in [-0.4, -0.2) is 28.3 Å². The Bertz CT molecular complexity index is 567. The standard InChI is InChI=1S/C13H15N3O/c1-10(17)13-14-9-12-8-11(4-7-16(12)13)15-5-2-3-6-15/h4,7-9H,2-3,5-6H2,1H3. The predicted molar refractivity (Wildman–Crippen MR) is 66.6 cm³/mol. The molecule has 88 valence electrons. The zero-order valence-corrected chi connectivity index (χ0v) is 9.89. The van der Waals surface area contributed by atoms with Gasteiger partial charge in [-0.2, -0.15) is 0 Å². The first-order chi connectivity index (χ1) is 8.25. The lowest BCUT2D eigenvalue weighted by atomic mass is 10.3. The number of anilines is 1. The lowest BCUT2D eigenvalue weighted by Gasteiger charge is -2.17. The van der Waals surface area contributed by atoms with Gasteiger partial charge in [0.1, 0.15) is 0 Å². The third-order valence-corrected chi connectivity index (χ3v) is 3.30. The van der Waals surface area contributed by atoms with E-state index in [-0.39, 0.29) is 5.78 Å². The quantitative estimate of drug-likeness (QED) is 0.740. The zero-order valence-electron chi connectivity index (χ0n) is 9.89. The summed E-state index contributed by atoms with van der Waals surface area (Å²) < 4.78 is 1.85. The molecule has 1 aliphatic heterocycles. The number of carbonyl (C=O) groups is 1. The van der Waals surface area contributed by atoms with Gasteiger partial charge in [-0.05, 0) is 25.0 Å². The van der Waals surface area contributed by atoms with Gasteiger partial charge in [0.2, 0.25) is 0 Å². The predicted octanol–water partition coefficient (Wildman–Crippen LogP) is 2.14. The molecule has 4 heteroatoms. The molecule has 0 unspecified atom stereocenters. The SMILES string of the molecule is CC(=O)c1ncc2cc(N3CCCC3)ccn12. The van der Waals surface area contributed by atoms with Gasteiger partial charge in [0.05, 0.1) is 11.7 Å². The Hall–Kier alpha value is -1.84. The molecule has 0 radical (unpaired) electrons. The van der Waals surface area contributed by atoms with Crippen LogP contribution in [0.15, 0.2) is 24.5 Å². The van der Waals surface area contributed by atoms with E-state index >= 15 is 0 Å². The van der Waals surface area contributed by atoms with Crippen molar-refractivity contribution in [1.82, 2.24) is 9.38 Å². The molecule has 1 aliphatic rings. The maximum absolute atomic E-state index is 11.4. The highest BCUT2D eigenvalue weighted by atomic mass is 16.1. The molecule has 3 heterocycles. The Morgan fingerprint density at radius 2 is 2.12 bits per heavy atom. The normalized spacial score (nSPS) is 15.7. The number of hydrogen-bond acceptors (Lipinski definition) is 3. The molecule has 4 nitrogen and oxygen atoms in total. The van der Waals surface area contributed by atoms with E-state index in [2.05, 4.69) is 22.0 Å². The van der Waals surface area contributed by atoms with Crippen molar-refractivity contribution < 1.29 is 4.79 Å². The molecule has 2 aromatic rings. The smallest absolute Gasteiger partial charge is 0.195 e. The summed E-state index contributed by atoms with van der Waals surface area (Å²) in [4.78, 5) is 17.9. The Balaban J connectivity index is 2.05. The van der Waals surface area contributed by atoms with Gasteiger partial charge < -0.3 is 4.90 Å². The second kappa shape index (κ2) is 3.87. The number of ketones is 1. The zero-order chi connectivity index (χ0) is 11.8. The highest BCUT2D eigenvalue weighted by Gasteiger charge is 2.14. The molecule has 1 saturated heterocycles. The van der Waals surface area contributed by atoms with E-state index in [0.29, 0.717) is 5.82 Å². The minimum atomic E-state index is -0.000998. The van der Waals surface area contributed by atoms with E-state index in [1.165, 1.54) is 18.5 Å². The van der Waals surface area contributed by atoms with Crippen molar-refractivity contribution in [2.24, 2.45) is 0 Å². The lowest BCUT2D eigenvalue weighted by molar-refractivity contribution is 0.100. The van der Waals surface area contributed by atoms with Crippen LogP contribution in [0.1, 0.15) is 30.4 Å². The highest BCUT2D eigenvalue weighted by molar-refractivity contribution is 5.91. The first-order valence-corrected chi connectivity index (χ1v) is 5.99. The summed E-state index contributed by atoms with van der Waals surface area (Å²) in [5.41, 5.74) is 2.21. The van der Waals surface area contributed by atoms with Crippen LogP contribution in [0.2, 0.25) is 0 Å². The average Bonchev–Trinajstić information content (AvgIpc) is 2.97. The number of rotatable bonds is 2. The topological polar surface area (TPSA) is 37.6 Å². The summed E-state index contributed by atoms with van der Waals surface area (Å²) in [6.45, 7) is 3.80. The molecule has 0 bridgehead atoms. The molecular weight excluding hydrogens is 214 g/mol. The summed E-state index contributed by atoms with van der Waals surface area (Å²) in [7, 11) is 0. The molecule has 17 heavy (non-hydrogen) atoms. The van der Waals surface area contributed by atoms with Crippen LogP contribution < -0.4 is 4.90 Å². The monoisotopic (exact) mass is 229 g/mol. The summed E-state index contributed by atoms with van der Waals surface area (Å²) in [5.74, 6) is 0.506. The Morgan fingerprint density at radius 1 is 1.35 bits per heavy atom. The van der Waals surface area contributed by atoms with E-state index in [0.717, 1.165) is 18.6 Å². The van der Waals surface area contributed by atoms with Gasteiger partial charge in [0, 0.05) is 31.9 Å². The minimum absolute atomic E-state index is 0.000998. The first kappa shape index (κ1) is 10.3. The Kier molecular flexibility index (Phi) is 2.35. The molecule has 0 N–H and O–H groups in total. The van der Waals surface area contributed by atoms with Crippen LogP contribution in [-0.2, 0) is 0 Å². The van der Waals surface area contributed by atoms with Gasteiger partial charge in [-0.25, -0.2) is 4.98 Å². The van der Waals surface area contributed by atoms with Crippen molar-refractivity contribution in [1.29, 1.82) is 0 Å². The van der Waals surface area contributed by atoms with Crippen LogP contribution in [0.25, 0.3) is 5.52 Å². The molecule has 1 fully saturated rings. The van der Waals surface area contributed by atoms with Gasteiger partial charge in [0.25, 0.3) is 0 Å². The minimum Gasteiger partial charge on any atom is -0.371 e. The largest absolute Gasteiger partial charge is 0.371 e. The molecular formula is C13H15N3O. The number of Topliss-reactive ketones (excluding diaryl/α,β-unsaturated/α-hetero) is 1. The van der Waals surface area contributed by atoms with E-state index < -0.39 is 0 Å². The number of fused-ring (bicyclic) bond motifs is 1. The van der Waals surface area contributed by atoms with Crippen molar-refractivity contribution in [2.75, 3.05) is 18.0 Å². The number of pyridine rings is 1. The molecule has 0 aliphatic carbocycles. The van der Waals surface area contributed by atoms with Gasteiger partial charge in [-0.3, -0.25) is 9.20 Å². The van der Waals surface area contributed by atoms with E-state index in [1.54, 1.807) is 13.1 Å². The maximum Gasteiger partial charge on any atom is 0.195 e. The molecule has 2 aromatic heterocycles. The summed E-state index contributed by atoms with van der Waals surface area (Å²) in [6.07, 6.45) is 6.23. The Morgan fingerprint density at radius 3 is 2.82 bits per heavy atom. The van der Waals surface area contributed by atoms with Crippen LogP contribution in [0.3, 0.4) is 0 Å². The summed E-state index contributed by atoms with van der Waals surface area (Å²) >= 11 is 0. The second-order valence-electron chi connectivity index (χ2n) is 4.51. The van der Waals surface area contributed by atoms with Crippen molar-refractivity contribution in [2.45, 2.75) is 19.8 Å². The summed E-state index contributed by atoms with van der Waals surface area (Å²) in [5, 5.41) is 0. The van der Waals surface area contributed by atoms with E-state index in [1.807, 2.05) is 10.6 Å².